The van der Waals surface area contributed by atoms with Gasteiger partial charge in [-0.15, -0.1) is 0 Å². The van der Waals surface area contributed by atoms with Crippen LogP contribution < -0.4 is 10.9 Å². The minimum absolute atomic E-state index is 0.162. The highest BCUT2D eigenvalue weighted by atomic mass is 79.9. The fraction of sp³-hybridized carbons (Fsp3) is 0.417. The summed E-state index contributed by atoms with van der Waals surface area (Å²) in [5, 5.41) is 79.4. The zero-order chi connectivity index (χ0) is 28.5. The first kappa shape index (κ1) is 31.5. The summed E-state index contributed by atoms with van der Waals surface area (Å²) in [6.07, 6.45) is -12.2. The Labute approximate surface area is 240 Å². The number of aliphatic hydroxyl groups excluding tert-OH is 7. The average molecular weight is 678 g/mol. The van der Waals surface area contributed by atoms with Crippen molar-refractivity contribution in [1.29, 1.82) is 0 Å². The van der Waals surface area contributed by atoms with Gasteiger partial charge in [-0.05, 0) is 48.5 Å². The molecule has 0 amide bonds. The van der Waals surface area contributed by atoms with Crippen molar-refractivity contribution in [2.75, 3.05) is 24.1 Å². The Morgan fingerprint density at radius 3 is 2.00 bits per heavy atom. The Bertz CT molecular complexity index is 1090. The number of hydrazone groups is 2. The summed E-state index contributed by atoms with van der Waals surface area (Å²) in [4.78, 5) is 0. The van der Waals surface area contributed by atoms with Crippen molar-refractivity contribution in [3.05, 3.63) is 57.5 Å². The van der Waals surface area contributed by atoms with Gasteiger partial charge < -0.3 is 45.2 Å². The molecule has 1 fully saturated rings. The van der Waals surface area contributed by atoms with E-state index >= 15 is 0 Å². The molecule has 0 bridgehead atoms. The van der Waals surface area contributed by atoms with Crippen molar-refractivity contribution in [3.8, 4) is 0 Å². The molecule has 13 nitrogen and oxygen atoms in total. The summed E-state index contributed by atoms with van der Waals surface area (Å²) < 4.78 is 12.6. The van der Waals surface area contributed by atoms with E-state index in [4.69, 9.17) is 9.47 Å². The van der Waals surface area contributed by atoms with Gasteiger partial charge in [0.15, 0.2) is 6.29 Å². The number of nitrogens with one attached hydrogen (secondary N) is 2. The molecular formula is C24H30Br2N4O9. The summed E-state index contributed by atoms with van der Waals surface area (Å²) in [6.45, 7) is -1.57. The number of anilines is 2. The van der Waals surface area contributed by atoms with Crippen LogP contribution in [-0.2, 0) is 9.47 Å². The molecule has 1 aliphatic rings. The number of nitrogens with zero attached hydrogens (tertiary/aromatic N) is 2. The number of aliphatic hydroxyl groups is 7. The lowest BCUT2D eigenvalue weighted by molar-refractivity contribution is -0.322. The Kier molecular flexibility index (Phi) is 12.2. The van der Waals surface area contributed by atoms with E-state index in [0.29, 0.717) is 11.4 Å². The van der Waals surface area contributed by atoms with E-state index in [1.165, 1.54) is 0 Å². The molecule has 1 saturated heterocycles. The molecule has 0 aliphatic carbocycles. The minimum atomic E-state index is -1.81. The molecule has 0 radical (unpaired) electrons. The van der Waals surface area contributed by atoms with Gasteiger partial charge in [-0.3, -0.25) is 10.9 Å². The van der Waals surface area contributed by atoms with Gasteiger partial charge >= 0.3 is 0 Å². The second kappa shape index (κ2) is 15.1. The summed E-state index contributed by atoms with van der Waals surface area (Å²) in [6, 6.07) is 14.0. The zero-order valence-corrected chi connectivity index (χ0v) is 23.5. The molecule has 0 saturated carbocycles. The van der Waals surface area contributed by atoms with E-state index in [1.54, 1.807) is 48.5 Å². The fourth-order valence-corrected chi connectivity index (χ4v) is 4.03. The Morgan fingerprint density at radius 2 is 1.46 bits per heavy atom. The van der Waals surface area contributed by atoms with Crippen molar-refractivity contribution in [3.63, 3.8) is 0 Å². The highest BCUT2D eigenvalue weighted by Crippen LogP contribution is 2.25. The van der Waals surface area contributed by atoms with Crippen LogP contribution in [0.15, 0.2) is 67.7 Å². The number of ether oxygens (including phenoxy) is 2. The molecule has 3 rings (SSSR count). The summed E-state index contributed by atoms with van der Waals surface area (Å²) >= 11 is 6.68. The summed E-state index contributed by atoms with van der Waals surface area (Å²) in [5.41, 5.74) is 6.54. The van der Waals surface area contributed by atoms with E-state index in [1.807, 2.05) is 0 Å². The fourth-order valence-electron chi connectivity index (χ4n) is 3.50. The molecule has 214 valence electrons. The molecule has 8 atom stereocenters. The molecule has 2 aromatic rings. The van der Waals surface area contributed by atoms with Crippen LogP contribution in [0, 0.1) is 0 Å². The van der Waals surface area contributed by atoms with Crippen LogP contribution in [0.25, 0.3) is 0 Å². The molecule has 39 heavy (non-hydrogen) atoms. The number of halogens is 2. The van der Waals surface area contributed by atoms with Crippen LogP contribution in [0.5, 0.6) is 0 Å². The lowest BCUT2D eigenvalue weighted by Gasteiger charge is -2.41. The predicted molar refractivity (Wildman–Crippen MR) is 149 cm³/mol. The van der Waals surface area contributed by atoms with Gasteiger partial charge in [0.2, 0.25) is 0 Å². The van der Waals surface area contributed by atoms with E-state index in [9.17, 15) is 35.7 Å². The third-order valence-electron chi connectivity index (χ3n) is 5.71. The first-order valence-electron chi connectivity index (χ1n) is 11.7. The summed E-state index contributed by atoms with van der Waals surface area (Å²) in [7, 11) is 0. The van der Waals surface area contributed by atoms with E-state index < -0.39 is 62.2 Å². The molecule has 0 unspecified atom stereocenters. The molecular weight excluding hydrogens is 648 g/mol. The molecule has 2 aromatic carbocycles. The monoisotopic (exact) mass is 676 g/mol. The minimum Gasteiger partial charge on any atom is -0.394 e. The predicted octanol–water partition coefficient (Wildman–Crippen LogP) is -0.0234. The van der Waals surface area contributed by atoms with Crippen molar-refractivity contribution in [2.45, 2.75) is 49.0 Å². The van der Waals surface area contributed by atoms with Crippen LogP contribution in [0.4, 0.5) is 11.4 Å². The SMILES string of the molecule is OC[C@@H](O)[C@@H](O[C@H]1O[C@@H](CO)[C@@H](O)[C@@H](O)[C@H]1O)[C@@H](O)C(/C=N\Nc1ccc(Br)cc1)=N\Nc1ccc(Br)cc1. The average Bonchev–Trinajstić information content (AvgIpc) is 2.94. The maximum absolute atomic E-state index is 11.2. The second-order valence-electron chi connectivity index (χ2n) is 8.52. The standard InChI is InChI=1S/C24H30Br2N4O9/c25-12-1-5-14(6-2-12)28-27-9-16(30-29-15-7-3-13(26)4-8-15)19(34)23(17(33)10-31)39-24-22(37)21(36)20(35)18(11-32)38-24/h1-9,17-24,28-29,31-37H,10-11H2/b27-9-,30-16-/t17-,18+,19+,20-,21-,22-,23-,24-/m1/s1. The largest absolute Gasteiger partial charge is 0.394 e. The van der Waals surface area contributed by atoms with Crippen LogP contribution in [0.3, 0.4) is 0 Å². The summed E-state index contributed by atoms with van der Waals surface area (Å²) in [5.74, 6) is 0. The first-order valence-corrected chi connectivity index (χ1v) is 13.3. The highest BCUT2D eigenvalue weighted by Gasteiger charge is 2.46. The first-order chi connectivity index (χ1) is 18.6. The van der Waals surface area contributed by atoms with E-state index in [0.717, 1.165) is 15.2 Å². The molecule has 1 heterocycles. The number of benzene rings is 2. The molecule has 9 N–H and O–H groups in total. The van der Waals surface area contributed by atoms with Gasteiger partial charge in [0.05, 0.1) is 30.8 Å². The van der Waals surface area contributed by atoms with Gasteiger partial charge in [0.25, 0.3) is 0 Å². The normalized spacial score (nSPS) is 26.3. The number of rotatable bonds is 12. The molecule has 0 spiro atoms. The van der Waals surface area contributed by atoms with Gasteiger partial charge in [-0.2, -0.15) is 10.2 Å². The maximum atomic E-state index is 11.2. The Hall–Kier alpha value is -2.02. The van der Waals surface area contributed by atoms with Gasteiger partial charge in [0, 0.05) is 8.95 Å². The molecule has 15 heteroatoms. The van der Waals surface area contributed by atoms with Crippen LogP contribution in [0.1, 0.15) is 0 Å². The van der Waals surface area contributed by atoms with Gasteiger partial charge in [-0.1, -0.05) is 31.9 Å². The number of hydrogen-bond acceptors (Lipinski definition) is 13. The van der Waals surface area contributed by atoms with E-state index in [-0.39, 0.29) is 5.71 Å². The zero-order valence-electron chi connectivity index (χ0n) is 20.3. The van der Waals surface area contributed by atoms with Crippen molar-refractivity contribution in [2.24, 2.45) is 10.2 Å². The Balaban J connectivity index is 1.87. The lowest BCUT2D eigenvalue weighted by Crippen LogP contribution is -2.61. The third kappa shape index (κ3) is 8.73. The molecule has 1 aliphatic heterocycles. The van der Waals surface area contributed by atoms with Crippen molar-refractivity contribution in [1.82, 2.24) is 0 Å². The van der Waals surface area contributed by atoms with Gasteiger partial charge in [0.1, 0.15) is 48.4 Å². The molecule has 0 aromatic heterocycles. The highest BCUT2D eigenvalue weighted by molar-refractivity contribution is 9.10. The Morgan fingerprint density at radius 1 is 0.897 bits per heavy atom. The number of hydrogen-bond donors (Lipinski definition) is 9. The van der Waals surface area contributed by atoms with Crippen LogP contribution in [0.2, 0.25) is 0 Å². The van der Waals surface area contributed by atoms with Crippen molar-refractivity contribution < 1.29 is 45.2 Å². The van der Waals surface area contributed by atoms with Crippen LogP contribution >= 0.6 is 31.9 Å². The third-order valence-corrected chi connectivity index (χ3v) is 6.77. The quantitative estimate of drug-likeness (QED) is 0.108. The second-order valence-corrected chi connectivity index (χ2v) is 10.4. The smallest absolute Gasteiger partial charge is 0.187 e. The van der Waals surface area contributed by atoms with Gasteiger partial charge in [-0.25, -0.2) is 0 Å². The topological polar surface area (TPSA) is 209 Å². The lowest BCUT2D eigenvalue weighted by atomic mass is 9.98. The van der Waals surface area contributed by atoms with Crippen molar-refractivity contribution >= 4 is 55.2 Å². The van der Waals surface area contributed by atoms with Crippen LogP contribution in [-0.4, -0.2) is 110 Å². The maximum Gasteiger partial charge on any atom is 0.187 e. The van der Waals surface area contributed by atoms with E-state index in [2.05, 4.69) is 52.9 Å².